The maximum absolute atomic E-state index is 12.3. The predicted molar refractivity (Wildman–Crippen MR) is 102 cm³/mol. The van der Waals surface area contributed by atoms with Gasteiger partial charge in [-0.15, -0.1) is 5.10 Å². The zero-order valence-corrected chi connectivity index (χ0v) is 15.5. The van der Waals surface area contributed by atoms with E-state index >= 15 is 0 Å². The summed E-state index contributed by atoms with van der Waals surface area (Å²) in [6, 6.07) is 8.72. The highest BCUT2D eigenvalue weighted by atomic mass is 16.2. The van der Waals surface area contributed by atoms with Crippen LogP contribution < -0.4 is 16.4 Å². The van der Waals surface area contributed by atoms with E-state index in [0.717, 1.165) is 36.3 Å². The number of nitrogens with one attached hydrogen (secondary N) is 2. The molecular formula is C19H27N7O. The molecule has 0 saturated carbocycles. The van der Waals surface area contributed by atoms with E-state index in [1.807, 2.05) is 30.5 Å². The van der Waals surface area contributed by atoms with Crippen molar-refractivity contribution in [3.63, 3.8) is 0 Å². The third-order valence-corrected chi connectivity index (χ3v) is 5.53. The Morgan fingerprint density at radius 1 is 1.30 bits per heavy atom. The van der Waals surface area contributed by atoms with Gasteiger partial charge in [-0.05, 0) is 49.9 Å². The summed E-state index contributed by atoms with van der Waals surface area (Å²) in [5.41, 5.74) is 8.24. The maximum atomic E-state index is 12.3. The third kappa shape index (κ3) is 4.28. The number of piperidine rings is 1. The van der Waals surface area contributed by atoms with Gasteiger partial charge in [-0.3, -0.25) is 0 Å². The van der Waals surface area contributed by atoms with Gasteiger partial charge in [0.25, 0.3) is 0 Å². The smallest absolute Gasteiger partial charge is 0.315 e. The van der Waals surface area contributed by atoms with Gasteiger partial charge in [-0.1, -0.05) is 17.3 Å². The van der Waals surface area contributed by atoms with Crippen LogP contribution in [-0.4, -0.2) is 51.1 Å². The van der Waals surface area contributed by atoms with Crippen LogP contribution in [0.4, 0.5) is 4.79 Å². The molecule has 2 aliphatic heterocycles. The summed E-state index contributed by atoms with van der Waals surface area (Å²) >= 11 is 0. The van der Waals surface area contributed by atoms with Crippen LogP contribution in [0.1, 0.15) is 36.9 Å². The van der Waals surface area contributed by atoms with Gasteiger partial charge >= 0.3 is 6.03 Å². The molecule has 2 atom stereocenters. The second kappa shape index (κ2) is 8.06. The van der Waals surface area contributed by atoms with Gasteiger partial charge in [-0.25, -0.2) is 9.48 Å². The molecule has 0 bridgehead atoms. The van der Waals surface area contributed by atoms with Crippen LogP contribution >= 0.6 is 0 Å². The van der Waals surface area contributed by atoms with Crippen molar-refractivity contribution >= 4 is 6.03 Å². The molecule has 4 rings (SSSR count). The first-order valence-electron chi connectivity index (χ1n) is 9.70. The Hall–Kier alpha value is -2.45. The van der Waals surface area contributed by atoms with E-state index in [9.17, 15) is 4.79 Å². The van der Waals surface area contributed by atoms with Crippen LogP contribution in [0.25, 0.3) is 5.69 Å². The Kier molecular flexibility index (Phi) is 5.35. The predicted octanol–water partition coefficient (Wildman–Crippen LogP) is 1.15. The van der Waals surface area contributed by atoms with Crippen molar-refractivity contribution in [2.24, 2.45) is 5.73 Å². The Bertz CT molecular complexity index is 790. The fourth-order valence-electron chi connectivity index (χ4n) is 4.10. The quantitative estimate of drug-likeness (QED) is 0.734. The molecule has 0 spiro atoms. The Labute approximate surface area is 159 Å². The zero-order valence-electron chi connectivity index (χ0n) is 15.5. The highest BCUT2D eigenvalue weighted by molar-refractivity contribution is 5.74. The van der Waals surface area contributed by atoms with Crippen molar-refractivity contribution in [3.05, 3.63) is 41.7 Å². The van der Waals surface area contributed by atoms with Gasteiger partial charge in [0.1, 0.15) is 0 Å². The molecule has 1 aromatic heterocycles. The number of amides is 2. The summed E-state index contributed by atoms with van der Waals surface area (Å²) < 4.78 is 1.70. The molecule has 2 fully saturated rings. The van der Waals surface area contributed by atoms with E-state index in [0.29, 0.717) is 19.1 Å². The third-order valence-electron chi connectivity index (χ3n) is 5.53. The Morgan fingerprint density at radius 2 is 2.22 bits per heavy atom. The van der Waals surface area contributed by atoms with Crippen LogP contribution in [0.5, 0.6) is 0 Å². The number of hydrogen-bond donors (Lipinski definition) is 3. The van der Waals surface area contributed by atoms with Crippen LogP contribution in [0.3, 0.4) is 0 Å². The second-order valence-electron chi connectivity index (χ2n) is 7.41. The largest absolute Gasteiger partial charge is 0.335 e. The van der Waals surface area contributed by atoms with E-state index in [1.165, 1.54) is 19.4 Å². The normalized spacial score (nSPS) is 22.4. The lowest BCUT2D eigenvalue weighted by Crippen LogP contribution is -2.49. The van der Waals surface area contributed by atoms with Crippen LogP contribution in [0.15, 0.2) is 30.5 Å². The first kappa shape index (κ1) is 17.9. The molecule has 0 aliphatic carbocycles. The highest BCUT2D eigenvalue weighted by Crippen LogP contribution is 2.26. The molecule has 2 aromatic rings. The number of benzene rings is 1. The molecular weight excluding hydrogens is 342 g/mol. The van der Waals surface area contributed by atoms with Crippen LogP contribution in [0, 0.1) is 0 Å². The molecule has 8 nitrogen and oxygen atoms in total. The molecule has 144 valence electrons. The van der Waals surface area contributed by atoms with E-state index in [1.54, 1.807) is 4.68 Å². The molecule has 2 saturated heterocycles. The topological polar surface area (TPSA) is 101 Å². The van der Waals surface area contributed by atoms with Crippen molar-refractivity contribution in [2.45, 2.75) is 50.9 Å². The maximum Gasteiger partial charge on any atom is 0.315 e. The van der Waals surface area contributed by atoms with Gasteiger partial charge in [0.05, 0.1) is 17.6 Å². The van der Waals surface area contributed by atoms with Gasteiger partial charge in [0, 0.05) is 31.7 Å². The van der Waals surface area contributed by atoms with Gasteiger partial charge < -0.3 is 21.3 Å². The Morgan fingerprint density at radius 3 is 3.07 bits per heavy atom. The summed E-state index contributed by atoms with van der Waals surface area (Å²) in [5, 5.41) is 14.2. The standard InChI is InChI=1S/C19H27N7O/c20-11-16-13-26(24-23-16)18-4-1-3-14(9-18)12-21-19(27)22-15-6-8-25-7-2-5-17(25)10-15/h1,3-4,9,13,15,17H,2,5-8,10-12,20H2,(H2,21,22,27). The van der Waals surface area contributed by atoms with Crippen LogP contribution in [-0.2, 0) is 13.1 Å². The lowest BCUT2D eigenvalue weighted by atomic mass is 9.98. The van der Waals surface area contributed by atoms with E-state index in [2.05, 4.69) is 25.8 Å². The van der Waals surface area contributed by atoms with Crippen molar-refractivity contribution in [3.8, 4) is 5.69 Å². The number of nitrogens with two attached hydrogens (primary N) is 1. The summed E-state index contributed by atoms with van der Waals surface area (Å²) in [4.78, 5) is 14.9. The van der Waals surface area contributed by atoms with Crippen molar-refractivity contribution < 1.29 is 4.79 Å². The highest BCUT2D eigenvalue weighted by Gasteiger charge is 2.32. The summed E-state index contributed by atoms with van der Waals surface area (Å²) in [6.07, 6.45) is 6.47. The molecule has 27 heavy (non-hydrogen) atoms. The van der Waals surface area contributed by atoms with E-state index in [4.69, 9.17) is 5.73 Å². The molecule has 3 heterocycles. The summed E-state index contributed by atoms with van der Waals surface area (Å²) in [7, 11) is 0. The molecule has 2 aliphatic rings. The fraction of sp³-hybridized carbons (Fsp3) is 0.526. The van der Waals surface area contributed by atoms with E-state index < -0.39 is 0 Å². The van der Waals surface area contributed by atoms with E-state index in [-0.39, 0.29) is 12.1 Å². The monoisotopic (exact) mass is 369 g/mol. The minimum atomic E-state index is -0.0944. The number of urea groups is 1. The van der Waals surface area contributed by atoms with Crippen molar-refractivity contribution in [1.29, 1.82) is 0 Å². The summed E-state index contributed by atoms with van der Waals surface area (Å²) in [6.45, 7) is 3.15. The number of carbonyl (C=O) groups excluding carboxylic acids is 1. The zero-order chi connectivity index (χ0) is 18.6. The number of aromatic nitrogens is 3. The molecule has 4 N–H and O–H groups in total. The first-order chi connectivity index (χ1) is 13.2. The second-order valence-corrected chi connectivity index (χ2v) is 7.41. The summed E-state index contributed by atoms with van der Waals surface area (Å²) in [5.74, 6) is 0. The SMILES string of the molecule is NCc1cn(-c2cccc(CNC(=O)NC3CCN4CCCC4C3)c2)nn1. The lowest BCUT2D eigenvalue weighted by Gasteiger charge is -2.35. The first-order valence-corrected chi connectivity index (χ1v) is 9.70. The van der Waals surface area contributed by atoms with Crippen molar-refractivity contribution in [1.82, 2.24) is 30.5 Å². The number of rotatable bonds is 5. The lowest BCUT2D eigenvalue weighted by molar-refractivity contribution is 0.166. The van der Waals surface area contributed by atoms with Gasteiger partial charge in [0.15, 0.2) is 0 Å². The van der Waals surface area contributed by atoms with Crippen LogP contribution in [0.2, 0.25) is 0 Å². The minimum Gasteiger partial charge on any atom is -0.335 e. The average Bonchev–Trinajstić information content (AvgIpc) is 3.35. The number of nitrogens with zero attached hydrogens (tertiary/aromatic N) is 4. The fourth-order valence-corrected chi connectivity index (χ4v) is 4.10. The molecule has 0 radical (unpaired) electrons. The molecule has 1 aromatic carbocycles. The number of carbonyl (C=O) groups is 1. The van der Waals surface area contributed by atoms with Gasteiger partial charge in [0.2, 0.25) is 0 Å². The Balaban J connectivity index is 1.29. The van der Waals surface area contributed by atoms with Crippen molar-refractivity contribution in [2.75, 3.05) is 13.1 Å². The number of hydrogen-bond acceptors (Lipinski definition) is 5. The minimum absolute atomic E-state index is 0.0944. The molecule has 8 heteroatoms. The van der Waals surface area contributed by atoms with Gasteiger partial charge in [-0.2, -0.15) is 0 Å². The molecule has 2 amide bonds. The molecule has 2 unspecified atom stereocenters. The average molecular weight is 369 g/mol. The number of fused-ring (bicyclic) bond motifs is 1.